The van der Waals surface area contributed by atoms with Crippen molar-refractivity contribution in [2.75, 3.05) is 18.1 Å². The molecule has 0 bridgehead atoms. The lowest BCUT2D eigenvalue weighted by Crippen LogP contribution is -2.35. The van der Waals surface area contributed by atoms with Crippen LogP contribution in [0.2, 0.25) is 0 Å². The van der Waals surface area contributed by atoms with E-state index in [1.165, 1.54) is 10.5 Å². The number of para-hydroxylation sites is 2. The molecule has 4 atom stereocenters. The molecule has 2 saturated heterocycles. The van der Waals surface area contributed by atoms with Gasteiger partial charge in [-0.15, -0.1) is 0 Å². The second-order valence-electron chi connectivity index (χ2n) is 12.0. The van der Waals surface area contributed by atoms with Crippen LogP contribution in [0.1, 0.15) is 31.7 Å². The number of amides is 2. The van der Waals surface area contributed by atoms with Gasteiger partial charge in [0.2, 0.25) is 11.8 Å². The summed E-state index contributed by atoms with van der Waals surface area (Å²) in [5.74, 6) is -0.208. The number of anilines is 1. The van der Waals surface area contributed by atoms with Crippen molar-refractivity contribution in [3.8, 4) is 11.5 Å². The quantitative estimate of drug-likeness (QED) is 0.173. The van der Waals surface area contributed by atoms with Crippen LogP contribution in [0.4, 0.5) is 5.69 Å². The van der Waals surface area contributed by atoms with Crippen molar-refractivity contribution in [2.45, 2.75) is 32.3 Å². The lowest BCUT2D eigenvalue weighted by Gasteiger charge is -2.31. The highest BCUT2D eigenvalue weighted by atomic mass is 16.5. The van der Waals surface area contributed by atoms with E-state index >= 15 is 0 Å². The summed E-state index contributed by atoms with van der Waals surface area (Å²) in [5, 5.41) is 12.2. The van der Waals surface area contributed by atoms with Gasteiger partial charge in [0.25, 0.3) is 0 Å². The van der Waals surface area contributed by atoms with Crippen molar-refractivity contribution in [1.82, 2.24) is 0 Å². The zero-order chi connectivity index (χ0) is 30.2. The zero-order valence-corrected chi connectivity index (χ0v) is 24.7. The van der Waals surface area contributed by atoms with Gasteiger partial charge in [0.15, 0.2) is 0 Å². The summed E-state index contributed by atoms with van der Waals surface area (Å²) in [4.78, 5) is 29.0. The van der Waals surface area contributed by atoms with E-state index in [-0.39, 0.29) is 29.6 Å². The third kappa shape index (κ3) is 5.09. The van der Waals surface area contributed by atoms with Crippen molar-refractivity contribution < 1.29 is 24.2 Å². The number of nitrogens with zero attached hydrogens (tertiary/aromatic N) is 1. The second kappa shape index (κ2) is 11.8. The molecule has 2 fully saturated rings. The van der Waals surface area contributed by atoms with Gasteiger partial charge in [-0.05, 0) is 78.6 Å². The van der Waals surface area contributed by atoms with E-state index in [0.717, 1.165) is 46.1 Å². The maximum Gasteiger partial charge on any atom is 0.238 e. The Morgan fingerprint density at radius 3 is 2.36 bits per heavy atom. The molecule has 44 heavy (non-hydrogen) atoms. The molecule has 2 heterocycles. The van der Waals surface area contributed by atoms with E-state index in [1.807, 2.05) is 91.0 Å². The standard InChI is InChI=1S/C38H35NO5/c1-24(20-25-17-18-33(40)30-15-9-8-14-29(25)30)16-19-34-35-26(22-43-28-12-6-3-7-13-28)21-31-36(32(35)23-44-34)38(42)39(37(31)41)27-10-4-2-5-11-27/h2-15,17-18,20,31-32,34,36,40H,16,19,21-23H2,1H3/b24-20+/t31-,32+,34-,36-/m1/s1. The van der Waals surface area contributed by atoms with Gasteiger partial charge in [-0.1, -0.05) is 78.4 Å². The third-order valence-electron chi connectivity index (χ3n) is 9.32. The molecule has 0 unspecified atom stereocenters. The first-order valence-corrected chi connectivity index (χ1v) is 15.3. The molecule has 0 aromatic heterocycles. The molecule has 2 aliphatic heterocycles. The molecule has 1 N–H and O–H groups in total. The number of benzene rings is 4. The number of ether oxygens (including phenoxy) is 2. The molecular formula is C38H35NO5. The van der Waals surface area contributed by atoms with Crippen LogP contribution in [-0.2, 0) is 14.3 Å². The first-order chi connectivity index (χ1) is 21.5. The smallest absolute Gasteiger partial charge is 0.238 e. The monoisotopic (exact) mass is 585 g/mol. The minimum absolute atomic E-state index is 0.128. The molecule has 222 valence electrons. The van der Waals surface area contributed by atoms with E-state index in [4.69, 9.17) is 9.47 Å². The minimum Gasteiger partial charge on any atom is -0.507 e. The highest BCUT2D eigenvalue weighted by Gasteiger charge is 2.57. The second-order valence-corrected chi connectivity index (χ2v) is 12.0. The van der Waals surface area contributed by atoms with Crippen molar-refractivity contribution in [3.05, 3.63) is 119 Å². The largest absolute Gasteiger partial charge is 0.507 e. The molecule has 7 rings (SSSR count). The van der Waals surface area contributed by atoms with Crippen LogP contribution in [0.5, 0.6) is 11.5 Å². The summed E-state index contributed by atoms with van der Waals surface area (Å²) in [6, 6.07) is 30.5. The Bertz CT molecular complexity index is 1780. The average molecular weight is 586 g/mol. The van der Waals surface area contributed by atoms with E-state index in [2.05, 4.69) is 13.0 Å². The van der Waals surface area contributed by atoms with E-state index in [9.17, 15) is 14.7 Å². The Morgan fingerprint density at radius 2 is 1.59 bits per heavy atom. The number of rotatable bonds is 8. The third-order valence-corrected chi connectivity index (χ3v) is 9.32. The molecule has 3 aliphatic rings. The minimum atomic E-state index is -0.428. The maximum atomic E-state index is 13.9. The van der Waals surface area contributed by atoms with E-state index in [0.29, 0.717) is 25.3 Å². The molecule has 6 heteroatoms. The summed E-state index contributed by atoms with van der Waals surface area (Å²) in [6.45, 7) is 2.90. The first kappa shape index (κ1) is 28.1. The predicted molar refractivity (Wildman–Crippen MR) is 171 cm³/mol. The lowest BCUT2D eigenvalue weighted by molar-refractivity contribution is -0.122. The average Bonchev–Trinajstić information content (AvgIpc) is 3.59. The summed E-state index contributed by atoms with van der Waals surface area (Å²) in [7, 11) is 0. The topological polar surface area (TPSA) is 76.1 Å². The molecule has 1 aliphatic carbocycles. The highest BCUT2D eigenvalue weighted by molar-refractivity contribution is 6.22. The molecule has 0 spiro atoms. The summed E-state index contributed by atoms with van der Waals surface area (Å²) >= 11 is 0. The van der Waals surface area contributed by atoms with Gasteiger partial charge in [0.1, 0.15) is 18.1 Å². The normalized spacial score (nSPS) is 23.3. The lowest BCUT2D eigenvalue weighted by atomic mass is 9.69. The fourth-order valence-corrected chi connectivity index (χ4v) is 7.25. The fourth-order valence-electron chi connectivity index (χ4n) is 7.25. The van der Waals surface area contributed by atoms with Crippen LogP contribution >= 0.6 is 0 Å². The molecule has 0 radical (unpaired) electrons. The highest BCUT2D eigenvalue weighted by Crippen LogP contribution is 2.50. The number of carbonyl (C=O) groups excluding carboxylic acids is 2. The summed E-state index contributed by atoms with van der Waals surface area (Å²) in [6.07, 6.45) is 4.09. The van der Waals surface area contributed by atoms with Gasteiger partial charge < -0.3 is 14.6 Å². The number of aromatic hydroxyl groups is 1. The Kier molecular flexibility index (Phi) is 7.52. The molecule has 6 nitrogen and oxygen atoms in total. The van der Waals surface area contributed by atoms with Gasteiger partial charge in [-0.25, -0.2) is 0 Å². The SMILES string of the molecule is C/C(=C\c1ccc(O)c2ccccc12)CC[C@H]1OC[C@H]2C1=C(COc1ccccc1)C[C@H]1C(=O)N(c3ccccc3)C(=O)[C@H]12. The van der Waals surface area contributed by atoms with Crippen LogP contribution < -0.4 is 9.64 Å². The summed E-state index contributed by atoms with van der Waals surface area (Å²) < 4.78 is 12.7. The van der Waals surface area contributed by atoms with Crippen molar-refractivity contribution in [2.24, 2.45) is 17.8 Å². The Labute approximate surface area is 257 Å². The Morgan fingerprint density at radius 1 is 0.886 bits per heavy atom. The van der Waals surface area contributed by atoms with Gasteiger partial charge >= 0.3 is 0 Å². The van der Waals surface area contributed by atoms with Gasteiger partial charge in [-0.2, -0.15) is 0 Å². The van der Waals surface area contributed by atoms with Crippen molar-refractivity contribution in [1.29, 1.82) is 0 Å². The van der Waals surface area contributed by atoms with Gasteiger partial charge in [-0.3, -0.25) is 14.5 Å². The van der Waals surface area contributed by atoms with E-state index in [1.54, 1.807) is 6.07 Å². The molecule has 4 aromatic rings. The number of phenolic OH excluding ortho intramolecular Hbond substituents is 1. The van der Waals surface area contributed by atoms with Crippen molar-refractivity contribution in [3.63, 3.8) is 0 Å². The number of hydrogen-bond donors (Lipinski definition) is 1. The predicted octanol–water partition coefficient (Wildman–Crippen LogP) is 7.33. The first-order valence-electron chi connectivity index (χ1n) is 15.3. The Hall–Kier alpha value is -4.68. The fraction of sp³-hybridized carbons (Fsp3) is 0.263. The number of phenols is 1. The molecule has 4 aromatic carbocycles. The number of allylic oxidation sites excluding steroid dienone is 1. The number of fused-ring (bicyclic) bond motifs is 4. The van der Waals surface area contributed by atoms with Crippen LogP contribution in [-0.4, -0.2) is 36.2 Å². The zero-order valence-electron chi connectivity index (χ0n) is 24.7. The van der Waals surface area contributed by atoms with Crippen LogP contribution in [0.15, 0.2) is 114 Å². The van der Waals surface area contributed by atoms with Crippen molar-refractivity contribution >= 4 is 34.4 Å². The van der Waals surface area contributed by atoms with Gasteiger partial charge in [0, 0.05) is 11.3 Å². The Balaban J connectivity index is 1.16. The van der Waals surface area contributed by atoms with E-state index < -0.39 is 11.8 Å². The molecule has 0 saturated carbocycles. The van der Waals surface area contributed by atoms with Crippen LogP contribution in [0, 0.1) is 17.8 Å². The maximum absolute atomic E-state index is 13.9. The summed E-state index contributed by atoms with van der Waals surface area (Å²) in [5.41, 5.74) is 5.10. The number of imide groups is 1. The molecule has 2 amide bonds. The van der Waals surface area contributed by atoms with Gasteiger partial charge in [0.05, 0.1) is 30.2 Å². The number of carbonyl (C=O) groups is 2. The van der Waals surface area contributed by atoms with Crippen LogP contribution in [0.3, 0.4) is 0 Å². The van der Waals surface area contributed by atoms with Crippen LogP contribution in [0.25, 0.3) is 16.8 Å². The number of hydrogen-bond acceptors (Lipinski definition) is 5. The molecular weight excluding hydrogens is 550 g/mol.